The Bertz CT molecular complexity index is 1030. The molecule has 1 aliphatic heterocycles. The van der Waals surface area contributed by atoms with Crippen molar-refractivity contribution in [2.75, 3.05) is 24.3 Å². The number of nitrogens with two attached hydrogens (primary N) is 1. The van der Waals surface area contributed by atoms with Crippen molar-refractivity contribution in [3.8, 4) is 0 Å². The van der Waals surface area contributed by atoms with Gasteiger partial charge < -0.3 is 15.8 Å². The molecule has 0 bridgehead atoms. The van der Waals surface area contributed by atoms with Crippen LogP contribution in [0.3, 0.4) is 0 Å². The van der Waals surface area contributed by atoms with Crippen LogP contribution < -0.4 is 22.3 Å². The van der Waals surface area contributed by atoms with Crippen LogP contribution in [-0.2, 0) is 18.8 Å². The second kappa shape index (κ2) is 6.64. The quantitative estimate of drug-likeness (QED) is 0.775. The van der Waals surface area contributed by atoms with Crippen LogP contribution in [-0.4, -0.2) is 28.1 Å². The Morgan fingerprint density at radius 2 is 1.77 bits per heavy atom. The first-order valence-electron chi connectivity index (χ1n) is 8.05. The number of ether oxygens (including phenoxy) is 1. The number of carbonyl (C=O) groups excluding carboxylic acids is 1. The monoisotopic (exact) mass is 356 g/mol. The summed E-state index contributed by atoms with van der Waals surface area (Å²) in [5.74, 6) is -0.176. The fourth-order valence-electron chi connectivity index (χ4n) is 2.75. The molecule has 3 rings (SSSR count). The lowest BCUT2D eigenvalue weighted by Crippen LogP contribution is -2.39. The highest BCUT2D eigenvalue weighted by Gasteiger charge is 2.25. The maximum Gasteiger partial charge on any atom is 0.332 e. The number of benzene rings is 1. The standard InChI is InChI=1S/C18H20N4O4/c1-10-4-6-11(7-5-10)15(23)12-8-26-9-13(12)20-14-16(19)21(2)18(25)22(3)17(14)24/h4-7,20H,8-9,19H2,1-3H3. The van der Waals surface area contributed by atoms with E-state index in [1.54, 1.807) is 12.1 Å². The molecule has 0 atom stereocenters. The summed E-state index contributed by atoms with van der Waals surface area (Å²) in [7, 11) is 2.84. The number of nitrogens with zero attached hydrogens (tertiary/aromatic N) is 2. The van der Waals surface area contributed by atoms with Gasteiger partial charge in [0.2, 0.25) is 0 Å². The van der Waals surface area contributed by atoms with E-state index in [0.29, 0.717) is 16.8 Å². The summed E-state index contributed by atoms with van der Waals surface area (Å²) in [5.41, 5.74) is 7.38. The van der Waals surface area contributed by atoms with E-state index in [1.165, 1.54) is 18.7 Å². The van der Waals surface area contributed by atoms with Crippen molar-refractivity contribution in [2.24, 2.45) is 14.1 Å². The largest absolute Gasteiger partial charge is 0.383 e. The Morgan fingerprint density at radius 1 is 1.12 bits per heavy atom. The number of nitrogens with one attached hydrogen (secondary N) is 1. The van der Waals surface area contributed by atoms with Crippen LogP contribution in [0.1, 0.15) is 15.9 Å². The molecule has 0 saturated carbocycles. The van der Waals surface area contributed by atoms with Crippen molar-refractivity contribution in [2.45, 2.75) is 6.92 Å². The number of rotatable bonds is 4. The van der Waals surface area contributed by atoms with E-state index in [0.717, 1.165) is 10.1 Å². The first kappa shape index (κ1) is 17.7. The molecule has 8 nitrogen and oxygen atoms in total. The summed E-state index contributed by atoms with van der Waals surface area (Å²) in [4.78, 5) is 37.1. The number of aryl methyl sites for hydroxylation is 1. The normalized spacial score (nSPS) is 14.0. The first-order chi connectivity index (χ1) is 12.3. The van der Waals surface area contributed by atoms with Crippen molar-refractivity contribution >= 4 is 17.3 Å². The molecule has 0 amide bonds. The van der Waals surface area contributed by atoms with Crippen LogP contribution >= 0.6 is 0 Å². The summed E-state index contributed by atoms with van der Waals surface area (Å²) in [6, 6.07) is 7.22. The fraction of sp³-hybridized carbons (Fsp3) is 0.278. The summed E-state index contributed by atoms with van der Waals surface area (Å²) < 4.78 is 7.52. The average Bonchev–Trinajstić information content (AvgIpc) is 3.10. The minimum atomic E-state index is -0.563. The summed E-state index contributed by atoms with van der Waals surface area (Å²) in [6.45, 7) is 2.23. The fourth-order valence-corrected chi connectivity index (χ4v) is 2.75. The van der Waals surface area contributed by atoms with Gasteiger partial charge in [-0.15, -0.1) is 0 Å². The van der Waals surface area contributed by atoms with Crippen molar-refractivity contribution in [1.82, 2.24) is 9.13 Å². The van der Waals surface area contributed by atoms with Gasteiger partial charge in [-0.2, -0.15) is 0 Å². The molecular formula is C18H20N4O4. The Kier molecular flexibility index (Phi) is 4.52. The Morgan fingerprint density at radius 3 is 2.42 bits per heavy atom. The van der Waals surface area contributed by atoms with E-state index in [1.807, 2.05) is 19.1 Å². The van der Waals surface area contributed by atoms with E-state index >= 15 is 0 Å². The highest BCUT2D eigenvalue weighted by Crippen LogP contribution is 2.22. The minimum Gasteiger partial charge on any atom is -0.383 e. The molecule has 1 aromatic carbocycles. The Labute approximate surface area is 149 Å². The van der Waals surface area contributed by atoms with Gasteiger partial charge in [-0.1, -0.05) is 29.8 Å². The highest BCUT2D eigenvalue weighted by molar-refractivity contribution is 6.10. The van der Waals surface area contributed by atoms with E-state index in [9.17, 15) is 14.4 Å². The van der Waals surface area contributed by atoms with Gasteiger partial charge in [0, 0.05) is 25.2 Å². The van der Waals surface area contributed by atoms with Crippen LogP contribution in [0.5, 0.6) is 0 Å². The van der Waals surface area contributed by atoms with E-state index < -0.39 is 11.2 Å². The molecule has 0 spiro atoms. The predicted octanol–water partition coefficient (Wildman–Crippen LogP) is 0.554. The zero-order valence-electron chi connectivity index (χ0n) is 14.8. The molecule has 136 valence electrons. The van der Waals surface area contributed by atoms with Gasteiger partial charge in [0.15, 0.2) is 5.78 Å². The molecule has 26 heavy (non-hydrogen) atoms. The van der Waals surface area contributed by atoms with Gasteiger partial charge in [-0.3, -0.25) is 18.7 Å². The topological polar surface area (TPSA) is 108 Å². The van der Waals surface area contributed by atoms with Crippen molar-refractivity contribution < 1.29 is 9.53 Å². The number of anilines is 2. The lowest BCUT2D eigenvalue weighted by molar-refractivity contribution is 0.101. The molecule has 0 aliphatic carbocycles. The van der Waals surface area contributed by atoms with Crippen LogP contribution in [0.15, 0.2) is 45.1 Å². The van der Waals surface area contributed by atoms with Gasteiger partial charge in [-0.25, -0.2) is 4.79 Å². The second-order valence-electron chi connectivity index (χ2n) is 6.24. The molecule has 8 heteroatoms. The average molecular weight is 356 g/mol. The third kappa shape index (κ3) is 2.95. The number of carbonyl (C=O) groups is 1. The van der Waals surface area contributed by atoms with Gasteiger partial charge in [0.25, 0.3) is 5.56 Å². The number of ketones is 1. The first-order valence-corrected chi connectivity index (χ1v) is 8.05. The number of Topliss-reactive ketones (excluding diaryl/α,β-unsaturated/α-hetero) is 1. The number of hydrogen-bond donors (Lipinski definition) is 2. The predicted molar refractivity (Wildman–Crippen MR) is 98.3 cm³/mol. The third-order valence-electron chi connectivity index (χ3n) is 4.43. The lowest BCUT2D eigenvalue weighted by Gasteiger charge is -2.14. The molecule has 0 fully saturated rings. The zero-order chi connectivity index (χ0) is 19.0. The smallest absolute Gasteiger partial charge is 0.332 e. The maximum absolute atomic E-state index is 12.8. The van der Waals surface area contributed by atoms with Crippen molar-refractivity contribution in [3.63, 3.8) is 0 Å². The van der Waals surface area contributed by atoms with Crippen LogP contribution in [0.2, 0.25) is 0 Å². The van der Waals surface area contributed by atoms with Crippen molar-refractivity contribution in [1.29, 1.82) is 0 Å². The summed E-state index contributed by atoms with van der Waals surface area (Å²) in [5, 5.41) is 2.91. The number of nitrogen functional groups attached to an aromatic ring is 1. The van der Waals surface area contributed by atoms with Crippen molar-refractivity contribution in [3.05, 3.63) is 67.5 Å². The maximum atomic E-state index is 12.8. The van der Waals surface area contributed by atoms with Gasteiger partial charge in [0.05, 0.1) is 18.9 Å². The third-order valence-corrected chi connectivity index (χ3v) is 4.43. The van der Waals surface area contributed by atoms with E-state index in [2.05, 4.69) is 5.32 Å². The molecule has 2 heterocycles. The minimum absolute atomic E-state index is 0.000338. The molecule has 0 unspecified atom stereocenters. The summed E-state index contributed by atoms with van der Waals surface area (Å²) >= 11 is 0. The second-order valence-corrected chi connectivity index (χ2v) is 6.24. The Hall–Kier alpha value is -3.13. The molecule has 1 aromatic heterocycles. The zero-order valence-corrected chi connectivity index (χ0v) is 14.8. The lowest BCUT2D eigenvalue weighted by atomic mass is 10.0. The van der Waals surface area contributed by atoms with Gasteiger partial charge >= 0.3 is 5.69 Å². The molecule has 0 radical (unpaired) electrons. The number of hydrogen-bond acceptors (Lipinski definition) is 6. The highest BCUT2D eigenvalue weighted by atomic mass is 16.5. The van der Waals surface area contributed by atoms with Crippen LogP contribution in [0.25, 0.3) is 0 Å². The molecule has 0 saturated heterocycles. The van der Waals surface area contributed by atoms with Gasteiger partial charge in [-0.05, 0) is 6.92 Å². The Balaban J connectivity index is 2.03. The van der Waals surface area contributed by atoms with Gasteiger partial charge in [0.1, 0.15) is 11.5 Å². The molecular weight excluding hydrogens is 336 g/mol. The number of aromatic nitrogens is 2. The SMILES string of the molecule is Cc1ccc(C(=O)C2=C(Nc3c(N)n(C)c(=O)n(C)c3=O)COC2)cc1. The van der Waals surface area contributed by atoms with Crippen LogP contribution in [0.4, 0.5) is 11.5 Å². The molecule has 1 aliphatic rings. The molecule has 3 N–H and O–H groups in total. The summed E-state index contributed by atoms with van der Waals surface area (Å²) in [6.07, 6.45) is 0. The van der Waals surface area contributed by atoms with Crippen LogP contribution in [0, 0.1) is 6.92 Å². The molecule has 2 aromatic rings. The van der Waals surface area contributed by atoms with E-state index in [4.69, 9.17) is 10.5 Å². The van der Waals surface area contributed by atoms with E-state index in [-0.39, 0.29) is 30.5 Å².